The SMILES string of the molecule is OC(CC1CCC1)c1sccc1I. The van der Waals surface area contributed by atoms with Crippen LogP contribution in [0.1, 0.15) is 36.7 Å². The van der Waals surface area contributed by atoms with Crippen LogP contribution in [0.15, 0.2) is 11.4 Å². The average molecular weight is 308 g/mol. The first kappa shape index (κ1) is 9.93. The summed E-state index contributed by atoms with van der Waals surface area (Å²) in [7, 11) is 0. The first-order chi connectivity index (χ1) is 6.27. The molecule has 13 heavy (non-hydrogen) atoms. The highest BCUT2D eigenvalue weighted by Crippen LogP contribution is 2.37. The third kappa shape index (κ3) is 2.25. The third-order valence-corrected chi connectivity index (χ3v) is 5.05. The summed E-state index contributed by atoms with van der Waals surface area (Å²) >= 11 is 3.97. The fourth-order valence-corrected chi connectivity index (χ4v) is 3.64. The van der Waals surface area contributed by atoms with E-state index in [0.29, 0.717) is 0 Å². The summed E-state index contributed by atoms with van der Waals surface area (Å²) in [6.45, 7) is 0. The smallest absolute Gasteiger partial charge is 0.0895 e. The van der Waals surface area contributed by atoms with Crippen LogP contribution < -0.4 is 0 Å². The van der Waals surface area contributed by atoms with Crippen molar-refractivity contribution in [3.05, 3.63) is 19.9 Å². The molecule has 0 spiro atoms. The lowest BCUT2D eigenvalue weighted by Gasteiger charge is -2.27. The molecule has 1 aliphatic rings. The van der Waals surface area contributed by atoms with E-state index in [0.717, 1.165) is 17.2 Å². The van der Waals surface area contributed by atoms with Crippen molar-refractivity contribution in [2.45, 2.75) is 31.8 Å². The van der Waals surface area contributed by atoms with Gasteiger partial charge >= 0.3 is 0 Å². The van der Waals surface area contributed by atoms with Gasteiger partial charge in [-0.15, -0.1) is 11.3 Å². The second kappa shape index (κ2) is 4.28. The van der Waals surface area contributed by atoms with Crippen LogP contribution in [0, 0.1) is 9.49 Å². The minimum Gasteiger partial charge on any atom is -0.388 e. The molecule has 72 valence electrons. The van der Waals surface area contributed by atoms with Gasteiger partial charge in [-0.2, -0.15) is 0 Å². The highest BCUT2D eigenvalue weighted by atomic mass is 127. The molecule has 0 saturated heterocycles. The molecule has 1 heterocycles. The predicted octanol–water partition coefficient (Wildman–Crippen LogP) is 3.58. The van der Waals surface area contributed by atoms with Crippen molar-refractivity contribution in [1.82, 2.24) is 0 Å². The Balaban J connectivity index is 1.96. The average Bonchev–Trinajstić information content (AvgIpc) is 2.43. The topological polar surface area (TPSA) is 20.2 Å². The summed E-state index contributed by atoms with van der Waals surface area (Å²) in [5, 5.41) is 12.0. The van der Waals surface area contributed by atoms with E-state index in [-0.39, 0.29) is 6.10 Å². The van der Waals surface area contributed by atoms with Gasteiger partial charge in [0.2, 0.25) is 0 Å². The highest BCUT2D eigenvalue weighted by molar-refractivity contribution is 14.1. The second-order valence-corrected chi connectivity index (χ2v) is 5.79. The standard InChI is InChI=1S/C10H13IOS/c11-8-4-5-13-10(8)9(12)6-7-2-1-3-7/h4-5,7,9,12H,1-3,6H2. The molecule has 1 saturated carbocycles. The van der Waals surface area contributed by atoms with Crippen LogP contribution in [0.2, 0.25) is 0 Å². The third-order valence-electron chi connectivity index (χ3n) is 2.73. The lowest BCUT2D eigenvalue weighted by molar-refractivity contribution is 0.121. The fourth-order valence-electron chi connectivity index (χ4n) is 1.69. The van der Waals surface area contributed by atoms with Crippen molar-refractivity contribution in [3.8, 4) is 0 Å². The van der Waals surface area contributed by atoms with E-state index in [1.165, 1.54) is 22.8 Å². The van der Waals surface area contributed by atoms with Crippen LogP contribution in [0.5, 0.6) is 0 Å². The van der Waals surface area contributed by atoms with Crippen LogP contribution in [0.4, 0.5) is 0 Å². The van der Waals surface area contributed by atoms with Crippen molar-refractivity contribution in [2.75, 3.05) is 0 Å². The van der Waals surface area contributed by atoms with Gasteiger partial charge in [-0.05, 0) is 46.4 Å². The van der Waals surface area contributed by atoms with E-state index in [9.17, 15) is 5.11 Å². The number of halogens is 1. The lowest BCUT2D eigenvalue weighted by atomic mass is 9.81. The van der Waals surface area contributed by atoms with Crippen molar-refractivity contribution in [2.24, 2.45) is 5.92 Å². The zero-order valence-corrected chi connectivity index (χ0v) is 10.3. The van der Waals surface area contributed by atoms with Gasteiger partial charge in [0, 0.05) is 8.45 Å². The molecule has 1 aliphatic carbocycles. The summed E-state index contributed by atoms with van der Waals surface area (Å²) in [5.41, 5.74) is 0. The van der Waals surface area contributed by atoms with Crippen molar-refractivity contribution in [1.29, 1.82) is 0 Å². The maximum Gasteiger partial charge on any atom is 0.0895 e. The molecule has 0 radical (unpaired) electrons. The van der Waals surface area contributed by atoms with Gasteiger partial charge in [-0.1, -0.05) is 19.3 Å². The summed E-state index contributed by atoms with van der Waals surface area (Å²) in [4.78, 5) is 1.16. The fraction of sp³-hybridized carbons (Fsp3) is 0.600. The molecule has 2 rings (SSSR count). The molecule has 0 bridgehead atoms. The van der Waals surface area contributed by atoms with E-state index in [2.05, 4.69) is 34.0 Å². The first-order valence-corrected chi connectivity index (χ1v) is 6.64. The zero-order valence-electron chi connectivity index (χ0n) is 7.37. The van der Waals surface area contributed by atoms with E-state index in [1.54, 1.807) is 11.3 Å². The number of rotatable bonds is 3. The molecule has 1 N–H and O–H groups in total. The highest BCUT2D eigenvalue weighted by Gasteiger charge is 2.23. The van der Waals surface area contributed by atoms with Crippen LogP contribution in [-0.4, -0.2) is 5.11 Å². The van der Waals surface area contributed by atoms with Gasteiger partial charge in [0.25, 0.3) is 0 Å². The van der Waals surface area contributed by atoms with Crippen LogP contribution in [-0.2, 0) is 0 Å². The van der Waals surface area contributed by atoms with Crippen molar-refractivity contribution < 1.29 is 5.11 Å². The van der Waals surface area contributed by atoms with E-state index >= 15 is 0 Å². The van der Waals surface area contributed by atoms with Gasteiger partial charge in [0.05, 0.1) is 6.10 Å². The molecule has 1 atom stereocenters. The molecule has 1 aromatic heterocycles. The molecule has 3 heteroatoms. The van der Waals surface area contributed by atoms with Crippen molar-refractivity contribution >= 4 is 33.9 Å². The Morgan fingerprint density at radius 2 is 2.38 bits per heavy atom. The summed E-state index contributed by atoms with van der Waals surface area (Å²) < 4.78 is 1.22. The number of aliphatic hydroxyl groups is 1. The predicted molar refractivity (Wildman–Crippen MR) is 64.0 cm³/mol. The zero-order chi connectivity index (χ0) is 9.26. The minimum atomic E-state index is -0.211. The molecule has 0 aromatic carbocycles. The Labute approximate surface area is 96.3 Å². The molecule has 0 amide bonds. The van der Waals surface area contributed by atoms with Crippen LogP contribution >= 0.6 is 33.9 Å². The van der Waals surface area contributed by atoms with Crippen LogP contribution in [0.3, 0.4) is 0 Å². The number of aliphatic hydroxyl groups excluding tert-OH is 1. The Kier molecular flexibility index (Phi) is 3.26. The van der Waals surface area contributed by atoms with Gasteiger partial charge in [0.1, 0.15) is 0 Å². The number of hydrogen-bond donors (Lipinski definition) is 1. The molecular formula is C10H13IOS. The monoisotopic (exact) mass is 308 g/mol. The Hall–Kier alpha value is 0.390. The maximum absolute atomic E-state index is 9.93. The van der Waals surface area contributed by atoms with Crippen molar-refractivity contribution in [3.63, 3.8) is 0 Å². The van der Waals surface area contributed by atoms with Gasteiger partial charge in [0.15, 0.2) is 0 Å². The molecular weight excluding hydrogens is 295 g/mol. The molecule has 1 fully saturated rings. The lowest BCUT2D eigenvalue weighted by Crippen LogP contribution is -2.14. The molecule has 1 unspecified atom stereocenters. The number of thiophene rings is 1. The van der Waals surface area contributed by atoms with E-state index < -0.39 is 0 Å². The summed E-state index contributed by atoms with van der Waals surface area (Å²) in [6, 6.07) is 2.07. The maximum atomic E-state index is 9.93. The van der Waals surface area contributed by atoms with E-state index in [4.69, 9.17) is 0 Å². The molecule has 0 aliphatic heterocycles. The van der Waals surface area contributed by atoms with Gasteiger partial charge in [-0.3, -0.25) is 0 Å². The number of hydrogen-bond acceptors (Lipinski definition) is 2. The van der Waals surface area contributed by atoms with Gasteiger partial charge < -0.3 is 5.11 Å². The summed E-state index contributed by atoms with van der Waals surface area (Å²) in [5.74, 6) is 0.785. The van der Waals surface area contributed by atoms with Crippen LogP contribution in [0.25, 0.3) is 0 Å². The van der Waals surface area contributed by atoms with Gasteiger partial charge in [-0.25, -0.2) is 0 Å². The first-order valence-electron chi connectivity index (χ1n) is 4.68. The molecule has 1 nitrogen and oxygen atoms in total. The quantitative estimate of drug-likeness (QED) is 0.846. The normalized spacial score (nSPS) is 19.8. The Morgan fingerprint density at radius 1 is 1.62 bits per heavy atom. The summed E-state index contributed by atoms with van der Waals surface area (Å²) in [6.07, 6.45) is 4.75. The Morgan fingerprint density at radius 3 is 2.85 bits per heavy atom. The Bertz CT molecular complexity index is 280. The largest absolute Gasteiger partial charge is 0.388 e. The minimum absolute atomic E-state index is 0.211. The van der Waals surface area contributed by atoms with E-state index in [1.807, 2.05) is 0 Å². The second-order valence-electron chi connectivity index (χ2n) is 3.68. The molecule has 1 aromatic rings.